The van der Waals surface area contributed by atoms with Gasteiger partial charge in [-0.1, -0.05) is 18.2 Å². The molecule has 170 valence electrons. The van der Waals surface area contributed by atoms with Gasteiger partial charge in [0.05, 0.1) is 21.8 Å². The van der Waals surface area contributed by atoms with Gasteiger partial charge in [-0.15, -0.1) is 0 Å². The highest BCUT2D eigenvalue weighted by Crippen LogP contribution is 2.33. The molecule has 0 atom stereocenters. The number of furan rings is 1. The fourth-order valence-electron chi connectivity index (χ4n) is 3.00. The van der Waals surface area contributed by atoms with Gasteiger partial charge in [0.15, 0.2) is 15.6 Å². The molecule has 0 radical (unpaired) electrons. The molecule has 0 aliphatic heterocycles. The van der Waals surface area contributed by atoms with Crippen LogP contribution in [0.5, 0.6) is 0 Å². The number of hydrogen-bond acceptors (Lipinski definition) is 6. The van der Waals surface area contributed by atoms with E-state index in [-0.39, 0.29) is 27.8 Å². The molecule has 1 N–H and O–H groups in total. The zero-order chi connectivity index (χ0) is 23.6. The van der Waals surface area contributed by atoms with Gasteiger partial charge in [-0.3, -0.25) is 4.79 Å². The zero-order valence-electron chi connectivity index (χ0n) is 16.7. The molecule has 0 saturated carbocycles. The van der Waals surface area contributed by atoms with E-state index >= 15 is 0 Å². The average molecular weight is 476 g/mol. The number of amides is 1. The van der Waals surface area contributed by atoms with E-state index in [1.54, 1.807) is 18.2 Å². The maximum atomic E-state index is 13.2. The second-order valence-electron chi connectivity index (χ2n) is 6.86. The number of nitrogens with zero attached hydrogens (tertiary/aromatic N) is 3. The predicted octanol–water partition coefficient (Wildman–Crippen LogP) is 4.11. The fraction of sp³-hybridized carbons (Fsp3) is 0.0952. The van der Waals surface area contributed by atoms with Gasteiger partial charge in [-0.2, -0.15) is 18.3 Å². The summed E-state index contributed by atoms with van der Waals surface area (Å²) in [7, 11) is -3.71. The largest absolute Gasteiger partial charge is 0.455 e. The Labute approximate surface area is 185 Å². The van der Waals surface area contributed by atoms with Crippen molar-refractivity contribution in [2.24, 2.45) is 0 Å². The minimum Gasteiger partial charge on any atom is -0.455 e. The van der Waals surface area contributed by atoms with Crippen molar-refractivity contribution in [3.63, 3.8) is 0 Å². The number of halogens is 3. The van der Waals surface area contributed by atoms with Crippen LogP contribution in [0.2, 0.25) is 0 Å². The highest BCUT2D eigenvalue weighted by atomic mass is 32.2. The molecular formula is C21H15F3N4O4S. The number of hydrogen-bond donors (Lipinski definition) is 1. The van der Waals surface area contributed by atoms with Crippen LogP contribution in [0.4, 0.5) is 18.9 Å². The summed E-state index contributed by atoms with van der Waals surface area (Å²) in [6, 6.07) is 13.0. The normalized spacial score (nSPS) is 12.0. The summed E-state index contributed by atoms with van der Waals surface area (Å²) >= 11 is 0. The number of carbonyl (C=O) groups excluding carboxylic acids is 1. The molecule has 0 aliphatic rings. The van der Waals surface area contributed by atoms with Crippen molar-refractivity contribution in [2.45, 2.75) is 16.8 Å². The third kappa shape index (κ3) is 4.95. The molecule has 1 amide bonds. The van der Waals surface area contributed by atoms with Crippen LogP contribution in [0.15, 0.2) is 82.6 Å². The van der Waals surface area contributed by atoms with Crippen LogP contribution in [0.3, 0.4) is 0 Å². The number of alkyl halides is 3. The Balaban J connectivity index is 1.59. The van der Waals surface area contributed by atoms with E-state index in [1.807, 2.05) is 0 Å². The molecule has 0 aliphatic carbocycles. The van der Waals surface area contributed by atoms with E-state index in [0.29, 0.717) is 0 Å². The second kappa shape index (κ2) is 8.54. The molecule has 2 heterocycles. The van der Waals surface area contributed by atoms with Crippen LogP contribution in [-0.2, 0) is 21.8 Å². The second-order valence-corrected chi connectivity index (χ2v) is 8.85. The Bertz CT molecular complexity index is 1380. The standard InChI is InChI=1S/C21H15F3N4O4S/c22-21(23,24)14-6-8-18(28-13-25-12-26-28)17(10-14)27-20(29)19-9-7-15(32-19)11-33(30,31)16-4-2-1-3-5-16/h1-10,12-13H,11H2,(H,27,29). The van der Waals surface area contributed by atoms with Gasteiger partial charge in [0, 0.05) is 0 Å². The number of rotatable bonds is 6. The number of aromatic nitrogens is 3. The Morgan fingerprint density at radius 1 is 1.06 bits per heavy atom. The molecule has 0 bridgehead atoms. The average Bonchev–Trinajstić information content (AvgIpc) is 3.46. The molecule has 0 spiro atoms. The quantitative estimate of drug-likeness (QED) is 0.449. The van der Waals surface area contributed by atoms with Gasteiger partial charge in [0.2, 0.25) is 0 Å². The monoisotopic (exact) mass is 476 g/mol. The van der Waals surface area contributed by atoms with Crippen molar-refractivity contribution in [2.75, 3.05) is 5.32 Å². The van der Waals surface area contributed by atoms with E-state index in [1.165, 1.54) is 41.6 Å². The number of carbonyl (C=O) groups is 1. The van der Waals surface area contributed by atoms with Gasteiger partial charge in [-0.05, 0) is 42.5 Å². The van der Waals surface area contributed by atoms with E-state index in [2.05, 4.69) is 15.4 Å². The van der Waals surface area contributed by atoms with Crippen LogP contribution in [0, 0.1) is 0 Å². The Hall–Kier alpha value is -3.93. The number of anilines is 1. The summed E-state index contributed by atoms with van der Waals surface area (Å²) in [6.45, 7) is 0. The lowest BCUT2D eigenvalue weighted by atomic mass is 10.1. The molecule has 8 nitrogen and oxygen atoms in total. The van der Waals surface area contributed by atoms with Crippen LogP contribution in [0.1, 0.15) is 21.9 Å². The molecule has 4 aromatic rings. The number of benzene rings is 2. The highest BCUT2D eigenvalue weighted by molar-refractivity contribution is 7.90. The van der Waals surface area contributed by atoms with Crippen molar-refractivity contribution < 1.29 is 30.8 Å². The third-order valence-electron chi connectivity index (χ3n) is 4.56. The smallest absolute Gasteiger partial charge is 0.416 e. The minimum absolute atomic E-state index is 0.00421. The molecule has 0 saturated heterocycles. The lowest BCUT2D eigenvalue weighted by Gasteiger charge is -2.14. The lowest BCUT2D eigenvalue weighted by molar-refractivity contribution is -0.137. The van der Waals surface area contributed by atoms with Crippen molar-refractivity contribution >= 4 is 21.4 Å². The van der Waals surface area contributed by atoms with E-state index in [4.69, 9.17) is 4.42 Å². The molecule has 12 heteroatoms. The number of nitrogens with one attached hydrogen (secondary N) is 1. The van der Waals surface area contributed by atoms with Gasteiger partial charge in [0.25, 0.3) is 5.91 Å². The molecule has 0 fully saturated rings. The number of sulfone groups is 1. The molecule has 2 aromatic carbocycles. The third-order valence-corrected chi connectivity index (χ3v) is 6.21. The first kappa shape index (κ1) is 22.3. The van der Waals surface area contributed by atoms with Crippen LogP contribution in [0.25, 0.3) is 5.69 Å². The summed E-state index contributed by atoms with van der Waals surface area (Å²) in [5, 5.41) is 6.24. The van der Waals surface area contributed by atoms with E-state index in [9.17, 15) is 26.4 Å². The summed E-state index contributed by atoms with van der Waals surface area (Å²) in [5.74, 6) is -1.61. The maximum Gasteiger partial charge on any atom is 0.416 e. The Morgan fingerprint density at radius 3 is 2.48 bits per heavy atom. The van der Waals surface area contributed by atoms with E-state index < -0.39 is 33.2 Å². The van der Waals surface area contributed by atoms with E-state index in [0.717, 1.165) is 18.2 Å². The first-order chi connectivity index (χ1) is 15.6. The van der Waals surface area contributed by atoms with Gasteiger partial charge in [-0.25, -0.2) is 18.1 Å². The van der Waals surface area contributed by atoms with Crippen molar-refractivity contribution in [1.82, 2.24) is 14.8 Å². The van der Waals surface area contributed by atoms with Gasteiger partial charge < -0.3 is 9.73 Å². The van der Waals surface area contributed by atoms with Crippen LogP contribution >= 0.6 is 0 Å². The molecule has 2 aromatic heterocycles. The zero-order valence-corrected chi connectivity index (χ0v) is 17.5. The van der Waals surface area contributed by atoms with Crippen molar-refractivity contribution in [3.8, 4) is 5.69 Å². The minimum atomic E-state index is -4.63. The first-order valence-electron chi connectivity index (χ1n) is 9.37. The van der Waals surface area contributed by atoms with Crippen LogP contribution < -0.4 is 5.32 Å². The molecular weight excluding hydrogens is 461 g/mol. The highest BCUT2D eigenvalue weighted by Gasteiger charge is 2.31. The maximum absolute atomic E-state index is 13.2. The molecule has 33 heavy (non-hydrogen) atoms. The van der Waals surface area contributed by atoms with Gasteiger partial charge >= 0.3 is 6.18 Å². The summed E-state index contributed by atoms with van der Waals surface area (Å²) in [5.41, 5.74) is -1.02. The Kier molecular flexibility index (Phi) is 5.77. The van der Waals surface area contributed by atoms with Gasteiger partial charge in [0.1, 0.15) is 24.2 Å². The van der Waals surface area contributed by atoms with Crippen molar-refractivity contribution in [1.29, 1.82) is 0 Å². The summed E-state index contributed by atoms with van der Waals surface area (Å²) in [4.78, 5) is 16.5. The SMILES string of the molecule is O=C(Nc1cc(C(F)(F)F)ccc1-n1cncn1)c1ccc(CS(=O)(=O)c2ccccc2)o1. The van der Waals surface area contributed by atoms with Crippen molar-refractivity contribution in [3.05, 3.63) is 90.4 Å². The van der Waals surface area contributed by atoms with Crippen LogP contribution in [-0.4, -0.2) is 29.1 Å². The summed E-state index contributed by atoms with van der Waals surface area (Å²) < 4.78 is 71.1. The molecule has 0 unspecified atom stereocenters. The topological polar surface area (TPSA) is 107 Å². The fourth-order valence-corrected chi connectivity index (χ4v) is 4.27. The Morgan fingerprint density at radius 2 is 1.82 bits per heavy atom. The molecule has 4 rings (SSSR count). The lowest BCUT2D eigenvalue weighted by Crippen LogP contribution is -2.15. The predicted molar refractivity (Wildman–Crippen MR) is 110 cm³/mol. The summed E-state index contributed by atoms with van der Waals surface area (Å²) in [6.07, 6.45) is -2.18. The first-order valence-corrected chi connectivity index (χ1v) is 11.0.